The van der Waals surface area contributed by atoms with Gasteiger partial charge in [-0.1, -0.05) is 30.8 Å². The first kappa shape index (κ1) is 24.4. The smallest absolute Gasteiger partial charge is 0.272 e. The monoisotopic (exact) mass is 521 g/mol. The molecule has 39 heavy (non-hydrogen) atoms. The lowest BCUT2D eigenvalue weighted by Gasteiger charge is -2.36. The van der Waals surface area contributed by atoms with Gasteiger partial charge in [0.05, 0.1) is 24.5 Å². The number of nitrogens with one attached hydrogen (secondary N) is 1. The van der Waals surface area contributed by atoms with Crippen molar-refractivity contribution in [2.45, 2.75) is 6.42 Å². The molecule has 1 aliphatic heterocycles. The Labute approximate surface area is 224 Å². The number of hydrogen-bond acceptors (Lipinski definition) is 7. The van der Waals surface area contributed by atoms with E-state index in [9.17, 15) is 9.59 Å². The number of aromatic amines is 1. The number of H-pyrrole nitrogens is 1. The molecule has 0 bridgehead atoms. The van der Waals surface area contributed by atoms with Crippen molar-refractivity contribution < 1.29 is 18.7 Å². The number of carbonyl (C=O) groups excluding carboxylic acids is 2. The second kappa shape index (κ2) is 10.1. The molecule has 1 amide bonds. The summed E-state index contributed by atoms with van der Waals surface area (Å²) >= 11 is 0. The van der Waals surface area contributed by atoms with Crippen molar-refractivity contribution in [3.8, 4) is 17.2 Å². The average molecular weight is 522 g/mol. The van der Waals surface area contributed by atoms with Crippen molar-refractivity contribution in [2.24, 2.45) is 0 Å². The number of piperazine rings is 1. The van der Waals surface area contributed by atoms with Crippen molar-refractivity contribution in [3.63, 3.8) is 0 Å². The molecule has 1 N–H and O–H groups in total. The molecule has 1 saturated heterocycles. The lowest BCUT2D eigenvalue weighted by molar-refractivity contribution is -0.116. The van der Waals surface area contributed by atoms with Crippen molar-refractivity contribution in [2.75, 3.05) is 33.3 Å². The highest BCUT2D eigenvalue weighted by Gasteiger charge is 2.26. The van der Waals surface area contributed by atoms with Crippen LogP contribution >= 0.6 is 0 Å². The molecule has 196 valence electrons. The number of ketones is 1. The topological polar surface area (TPSA) is 105 Å². The summed E-state index contributed by atoms with van der Waals surface area (Å²) < 4.78 is 11.7. The average Bonchev–Trinajstić information content (AvgIpc) is 3.61. The molecule has 6 rings (SSSR count). The lowest BCUT2D eigenvalue weighted by Crippen LogP contribution is -2.49. The number of ether oxygens (including phenoxy) is 1. The Morgan fingerprint density at radius 2 is 1.82 bits per heavy atom. The molecule has 1 aromatic carbocycles. The molecule has 9 nitrogen and oxygen atoms in total. The number of allylic oxidation sites excluding steroid dienone is 1. The Morgan fingerprint density at radius 3 is 2.56 bits per heavy atom. The fourth-order valence-electron chi connectivity index (χ4n) is 5.05. The Balaban J connectivity index is 1.19. The summed E-state index contributed by atoms with van der Waals surface area (Å²) in [6.45, 7) is 6.14. The van der Waals surface area contributed by atoms with Gasteiger partial charge in [-0.05, 0) is 29.8 Å². The number of fused-ring (bicyclic) bond motifs is 2. The van der Waals surface area contributed by atoms with Gasteiger partial charge in [-0.3, -0.25) is 14.6 Å². The van der Waals surface area contributed by atoms with Gasteiger partial charge in [-0.15, -0.1) is 0 Å². The first-order valence-corrected chi connectivity index (χ1v) is 12.7. The minimum atomic E-state index is -0.105. The number of benzene rings is 1. The third kappa shape index (κ3) is 4.52. The Hall–Kier alpha value is -4.92. The van der Waals surface area contributed by atoms with E-state index in [2.05, 4.69) is 21.5 Å². The first-order valence-electron chi connectivity index (χ1n) is 12.7. The summed E-state index contributed by atoms with van der Waals surface area (Å²) in [6, 6.07) is 15.0. The van der Waals surface area contributed by atoms with E-state index in [0.717, 1.165) is 27.4 Å². The molecule has 1 aliphatic rings. The van der Waals surface area contributed by atoms with Crippen molar-refractivity contribution in [3.05, 3.63) is 90.7 Å². The van der Waals surface area contributed by atoms with Crippen molar-refractivity contribution >= 4 is 33.6 Å². The van der Waals surface area contributed by atoms with E-state index >= 15 is 0 Å². The maximum atomic E-state index is 13.3. The zero-order chi connectivity index (χ0) is 26.9. The molecule has 5 aromatic rings. The normalized spacial score (nSPS) is 13.7. The number of nitrogens with zero attached hydrogens (tertiary/aromatic N) is 4. The largest absolute Gasteiger partial charge is 0.494 e. The Morgan fingerprint density at radius 1 is 1.05 bits per heavy atom. The maximum absolute atomic E-state index is 13.3. The highest BCUT2D eigenvalue weighted by molar-refractivity contribution is 6.03. The molecule has 0 spiro atoms. The van der Waals surface area contributed by atoms with Crippen molar-refractivity contribution in [1.82, 2.24) is 24.8 Å². The number of hydrogen-bond donors (Lipinski definition) is 1. The molecule has 1 fully saturated rings. The lowest BCUT2D eigenvalue weighted by atomic mass is 10.0. The molecular formula is C30H27N5O4. The van der Waals surface area contributed by atoms with Crippen molar-refractivity contribution in [1.29, 1.82) is 0 Å². The van der Waals surface area contributed by atoms with Gasteiger partial charge in [0.1, 0.15) is 22.7 Å². The van der Waals surface area contributed by atoms with E-state index in [1.54, 1.807) is 42.6 Å². The molecule has 0 atom stereocenters. The van der Waals surface area contributed by atoms with Gasteiger partial charge < -0.3 is 23.9 Å². The predicted molar refractivity (Wildman–Crippen MR) is 147 cm³/mol. The summed E-state index contributed by atoms with van der Waals surface area (Å²) in [5, 5.41) is 1.77. The van der Waals surface area contributed by atoms with E-state index < -0.39 is 0 Å². The van der Waals surface area contributed by atoms with Crippen LogP contribution in [0.4, 0.5) is 0 Å². The number of furan rings is 1. The minimum Gasteiger partial charge on any atom is -0.494 e. The summed E-state index contributed by atoms with van der Waals surface area (Å²) in [4.78, 5) is 41.8. The number of carbonyl (C=O) groups is 2. The SMILES string of the molecule is C=C(C(=O)Cc1c[nH]c2c(-c3cc4ccccc4o3)ncc(OC)c12)N1CCN(C(=O)c2ccccn2)CC1. The third-order valence-electron chi connectivity index (χ3n) is 7.14. The van der Waals surface area contributed by atoms with Gasteiger partial charge in [0.25, 0.3) is 5.91 Å². The number of rotatable bonds is 7. The van der Waals surface area contributed by atoms with Gasteiger partial charge >= 0.3 is 0 Å². The van der Waals surface area contributed by atoms with Crippen LogP contribution in [-0.2, 0) is 11.2 Å². The summed E-state index contributed by atoms with van der Waals surface area (Å²) in [6.07, 6.45) is 5.22. The molecule has 0 saturated carbocycles. The highest BCUT2D eigenvalue weighted by Crippen LogP contribution is 2.36. The molecule has 5 heterocycles. The van der Waals surface area contributed by atoms with Crippen LogP contribution in [-0.4, -0.2) is 69.7 Å². The number of Topliss-reactive ketones (excluding diaryl/α,β-unsaturated/α-hetero) is 1. The number of amides is 1. The maximum Gasteiger partial charge on any atom is 0.272 e. The predicted octanol–water partition coefficient (Wildman–Crippen LogP) is 4.46. The van der Waals surface area contributed by atoms with Crippen LogP contribution < -0.4 is 4.74 Å². The number of para-hydroxylation sites is 1. The molecular weight excluding hydrogens is 494 g/mol. The van der Waals surface area contributed by atoms with Gasteiger partial charge in [-0.25, -0.2) is 4.98 Å². The van der Waals surface area contributed by atoms with Gasteiger partial charge in [0, 0.05) is 55.8 Å². The first-order chi connectivity index (χ1) is 19.0. The molecule has 9 heteroatoms. The van der Waals surface area contributed by atoms with Crippen LogP contribution in [0, 0.1) is 0 Å². The van der Waals surface area contributed by atoms with Crippen LogP contribution in [0.5, 0.6) is 5.75 Å². The Kier molecular flexibility index (Phi) is 6.32. The standard InChI is InChI=1S/C30H27N5O4/c1-19(34-11-13-35(14-12-34)30(37)22-8-5-6-10-31-22)23(36)15-21-17-32-29-27(21)26(38-2)18-33-28(29)25-16-20-7-3-4-9-24(20)39-25/h3-10,16-18,32H,1,11-15H2,2H3. The summed E-state index contributed by atoms with van der Waals surface area (Å²) in [7, 11) is 1.58. The quantitative estimate of drug-likeness (QED) is 0.315. The van der Waals surface area contributed by atoms with Gasteiger partial charge in [-0.2, -0.15) is 0 Å². The van der Waals surface area contributed by atoms with Crippen LogP contribution in [0.2, 0.25) is 0 Å². The van der Waals surface area contributed by atoms with E-state index in [-0.39, 0.29) is 18.1 Å². The minimum absolute atomic E-state index is 0.0930. The third-order valence-corrected chi connectivity index (χ3v) is 7.14. The summed E-state index contributed by atoms with van der Waals surface area (Å²) in [5.41, 5.74) is 3.80. The zero-order valence-corrected chi connectivity index (χ0v) is 21.5. The number of pyridine rings is 2. The van der Waals surface area contributed by atoms with Crippen LogP contribution in [0.25, 0.3) is 33.3 Å². The van der Waals surface area contributed by atoms with Crippen LogP contribution in [0.1, 0.15) is 16.1 Å². The van der Waals surface area contributed by atoms with Crippen LogP contribution in [0.15, 0.2) is 83.8 Å². The fourth-order valence-corrected chi connectivity index (χ4v) is 5.05. The van der Waals surface area contributed by atoms with Crippen LogP contribution in [0.3, 0.4) is 0 Å². The molecule has 0 unspecified atom stereocenters. The molecule has 0 aliphatic carbocycles. The number of aromatic nitrogens is 3. The highest BCUT2D eigenvalue weighted by atomic mass is 16.5. The second-order valence-corrected chi connectivity index (χ2v) is 9.43. The van der Waals surface area contributed by atoms with E-state index in [4.69, 9.17) is 9.15 Å². The van der Waals surface area contributed by atoms with E-state index in [1.165, 1.54) is 0 Å². The van der Waals surface area contributed by atoms with E-state index in [1.807, 2.05) is 41.4 Å². The molecule has 4 aromatic heterocycles. The zero-order valence-electron chi connectivity index (χ0n) is 21.5. The summed E-state index contributed by atoms with van der Waals surface area (Å²) in [5.74, 6) is 1.00. The van der Waals surface area contributed by atoms with E-state index in [0.29, 0.717) is 54.8 Å². The fraction of sp³-hybridized carbons (Fsp3) is 0.200. The second-order valence-electron chi connectivity index (χ2n) is 9.43. The van der Waals surface area contributed by atoms with Gasteiger partial charge in [0.2, 0.25) is 0 Å². The molecule has 0 radical (unpaired) electrons. The Bertz CT molecular complexity index is 1660. The van der Waals surface area contributed by atoms with Gasteiger partial charge in [0.15, 0.2) is 11.5 Å². The number of methoxy groups -OCH3 is 1.